The maximum Gasteiger partial charge on any atom is 0.226 e. The zero-order chi connectivity index (χ0) is 20.1. The molecule has 0 saturated heterocycles. The number of halogens is 1. The first kappa shape index (κ1) is 20.6. The molecule has 0 fully saturated rings. The maximum atomic E-state index is 12.2. The van der Waals surface area contributed by atoms with Crippen LogP contribution in [-0.2, 0) is 4.79 Å². The first-order valence-electron chi connectivity index (χ1n) is 9.15. The summed E-state index contributed by atoms with van der Waals surface area (Å²) in [6.07, 6.45) is 1.06. The van der Waals surface area contributed by atoms with Crippen LogP contribution >= 0.6 is 27.3 Å². The van der Waals surface area contributed by atoms with E-state index in [1.807, 2.05) is 57.2 Å². The standard InChI is InChI=1S/C22H23BrN2O2S/c1-14-6-7-15(2)19(13-14)27-12-4-5-20(26)24-22-25-21(16(3)28-22)17-8-10-18(23)11-9-17/h6-11,13H,4-5,12H2,1-3H3,(H,24,25,26). The molecule has 0 unspecified atom stereocenters. The molecule has 0 radical (unpaired) electrons. The van der Waals surface area contributed by atoms with Gasteiger partial charge in [-0.15, -0.1) is 11.3 Å². The van der Waals surface area contributed by atoms with Crippen molar-refractivity contribution in [2.75, 3.05) is 11.9 Å². The Kier molecular flexibility index (Phi) is 6.86. The van der Waals surface area contributed by atoms with Crippen molar-refractivity contribution in [3.63, 3.8) is 0 Å². The van der Waals surface area contributed by atoms with Gasteiger partial charge in [-0.25, -0.2) is 4.98 Å². The number of aromatic nitrogens is 1. The van der Waals surface area contributed by atoms with Gasteiger partial charge in [-0.05, 0) is 56.5 Å². The van der Waals surface area contributed by atoms with Crippen molar-refractivity contribution in [2.45, 2.75) is 33.6 Å². The predicted octanol–water partition coefficient (Wildman–Crippen LogP) is 6.30. The van der Waals surface area contributed by atoms with Gasteiger partial charge in [-0.1, -0.05) is 40.2 Å². The first-order chi connectivity index (χ1) is 13.4. The molecule has 4 nitrogen and oxygen atoms in total. The van der Waals surface area contributed by atoms with Crippen LogP contribution in [0.3, 0.4) is 0 Å². The number of amides is 1. The predicted molar refractivity (Wildman–Crippen MR) is 119 cm³/mol. The van der Waals surface area contributed by atoms with Crippen LogP contribution in [0.4, 0.5) is 5.13 Å². The summed E-state index contributed by atoms with van der Waals surface area (Å²) in [4.78, 5) is 17.9. The first-order valence-corrected chi connectivity index (χ1v) is 10.8. The summed E-state index contributed by atoms with van der Waals surface area (Å²) in [5.41, 5.74) is 4.22. The van der Waals surface area contributed by atoms with Crippen LogP contribution in [-0.4, -0.2) is 17.5 Å². The number of hydrogen-bond donors (Lipinski definition) is 1. The summed E-state index contributed by atoms with van der Waals surface area (Å²) >= 11 is 4.94. The minimum Gasteiger partial charge on any atom is -0.493 e. The number of nitrogens with zero attached hydrogens (tertiary/aromatic N) is 1. The van der Waals surface area contributed by atoms with Crippen molar-refractivity contribution >= 4 is 38.3 Å². The fourth-order valence-electron chi connectivity index (χ4n) is 2.78. The Morgan fingerprint density at radius 3 is 2.64 bits per heavy atom. The summed E-state index contributed by atoms with van der Waals surface area (Å²) in [6.45, 7) is 6.59. The fourth-order valence-corrected chi connectivity index (χ4v) is 3.90. The van der Waals surface area contributed by atoms with Crippen molar-refractivity contribution in [3.8, 4) is 17.0 Å². The fraction of sp³-hybridized carbons (Fsp3) is 0.273. The van der Waals surface area contributed by atoms with Gasteiger partial charge in [0.1, 0.15) is 5.75 Å². The van der Waals surface area contributed by atoms with Crippen LogP contribution in [0.25, 0.3) is 11.3 Å². The van der Waals surface area contributed by atoms with Gasteiger partial charge in [0.25, 0.3) is 0 Å². The Labute approximate surface area is 178 Å². The van der Waals surface area contributed by atoms with Gasteiger partial charge >= 0.3 is 0 Å². The number of thiazole rings is 1. The molecule has 0 spiro atoms. The smallest absolute Gasteiger partial charge is 0.226 e. The SMILES string of the molecule is Cc1ccc(C)c(OCCCC(=O)Nc2nc(-c3ccc(Br)cc3)c(C)s2)c1. The van der Waals surface area contributed by atoms with Gasteiger partial charge in [-0.3, -0.25) is 4.79 Å². The Balaban J connectivity index is 1.50. The molecule has 0 aliphatic heterocycles. The lowest BCUT2D eigenvalue weighted by Gasteiger charge is -2.09. The number of carbonyl (C=O) groups is 1. The van der Waals surface area contributed by atoms with E-state index in [0.29, 0.717) is 24.6 Å². The molecule has 0 saturated carbocycles. The highest BCUT2D eigenvalue weighted by atomic mass is 79.9. The maximum absolute atomic E-state index is 12.2. The number of aryl methyl sites for hydroxylation is 3. The van der Waals surface area contributed by atoms with Gasteiger partial charge in [0.05, 0.1) is 12.3 Å². The summed E-state index contributed by atoms with van der Waals surface area (Å²) in [7, 11) is 0. The van der Waals surface area contributed by atoms with E-state index in [-0.39, 0.29) is 5.91 Å². The molecule has 3 aromatic rings. The molecule has 1 aromatic heterocycles. The zero-order valence-corrected chi connectivity index (χ0v) is 18.6. The number of hydrogen-bond acceptors (Lipinski definition) is 4. The van der Waals surface area contributed by atoms with E-state index in [9.17, 15) is 4.79 Å². The molecular formula is C22H23BrN2O2S. The molecule has 1 N–H and O–H groups in total. The molecule has 0 atom stereocenters. The molecule has 1 amide bonds. The highest BCUT2D eigenvalue weighted by Crippen LogP contribution is 2.31. The van der Waals surface area contributed by atoms with Crippen LogP contribution in [0.15, 0.2) is 46.9 Å². The molecule has 1 heterocycles. The monoisotopic (exact) mass is 458 g/mol. The minimum atomic E-state index is -0.0410. The van der Waals surface area contributed by atoms with Crippen LogP contribution < -0.4 is 10.1 Å². The lowest BCUT2D eigenvalue weighted by molar-refractivity contribution is -0.116. The van der Waals surface area contributed by atoms with Crippen LogP contribution in [0.2, 0.25) is 0 Å². The lowest BCUT2D eigenvalue weighted by atomic mass is 10.1. The molecule has 28 heavy (non-hydrogen) atoms. The van der Waals surface area contributed by atoms with E-state index in [1.165, 1.54) is 16.9 Å². The van der Waals surface area contributed by atoms with Gasteiger partial charge in [0.15, 0.2) is 5.13 Å². The van der Waals surface area contributed by atoms with E-state index in [1.54, 1.807) is 0 Å². The number of rotatable bonds is 7. The average molecular weight is 459 g/mol. The normalized spacial score (nSPS) is 10.7. The summed E-state index contributed by atoms with van der Waals surface area (Å²) in [6, 6.07) is 14.1. The molecule has 2 aromatic carbocycles. The van der Waals surface area contributed by atoms with Gasteiger partial charge < -0.3 is 10.1 Å². The highest BCUT2D eigenvalue weighted by molar-refractivity contribution is 9.10. The van der Waals surface area contributed by atoms with E-state index < -0.39 is 0 Å². The van der Waals surface area contributed by atoms with E-state index >= 15 is 0 Å². The van der Waals surface area contributed by atoms with Crippen molar-refractivity contribution in [1.29, 1.82) is 0 Å². The Hall–Kier alpha value is -2.18. The Morgan fingerprint density at radius 2 is 1.89 bits per heavy atom. The molecule has 0 aliphatic rings. The molecule has 3 rings (SSSR count). The Morgan fingerprint density at radius 1 is 1.14 bits per heavy atom. The third kappa shape index (κ3) is 5.42. The quantitative estimate of drug-likeness (QED) is 0.422. The molecule has 0 bridgehead atoms. The minimum absolute atomic E-state index is 0.0410. The molecule has 146 valence electrons. The second-order valence-corrected chi connectivity index (χ2v) is 8.82. The van der Waals surface area contributed by atoms with Gasteiger partial charge in [-0.2, -0.15) is 0 Å². The Bertz CT molecular complexity index is 967. The van der Waals surface area contributed by atoms with E-state index in [2.05, 4.69) is 32.3 Å². The number of nitrogens with one attached hydrogen (secondary N) is 1. The van der Waals surface area contributed by atoms with Gasteiger partial charge in [0.2, 0.25) is 5.91 Å². The van der Waals surface area contributed by atoms with Crippen LogP contribution in [0.1, 0.15) is 28.8 Å². The average Bonchev–Trinajstić information content (AvgIpc) is 3.02. The summed E-state index contributed by atoms with van der Waals surface area (Å²) in [5, 5.41) is 3.54. The zero-order valence-electron chi connectivity index (χ0n) is 16.2. The lowest BCUT2D eigenvalue weighted by Crippen LogP contribution is -2.12. The van der Waals surface area contributed by atoms with E-state index in [4.69, 9.17) is 4.74 Å². The molecule has 6 heteroatoms. The number of ether oxygens (including phenoxy) is 1. The van der Waals surface area contributed by atoms with Gasteiger partial charge in [0, 0.05) is 21.3 Å². The number of carbonyl (C=O) groups excluding carboxylic acids is 1. The summed E-state index contributed by atoms with van der Waals surface area (Å²) < 4.78 is 6.84. The second kappa shape index (κ2) is 9.34. The van der Waals surface area contributed by atoms with Crippen molar-refractivity contribution in [3.05, 3.63) is 62.9 Å². The van der Waals surface area contributed by atoms with Crippen LogP contribution in [0.5, 0.6) is 5.75 Å². The van der Waals surface area contributed by atoms with E-state index in [0.717, 1.165) is 31.9 Å². The van der Waals surface area contributed by atoms with Crippen molar-refractivity contribution in [1.82, 2.24) is 4.98 Å². The second-order valence-electron chi connectivity index (χ2n) is 6.70. The third-order valence-corrected chi connectivity index (χ3v) is 5.72. The molecular weight excluding hydrogens is 436 g/mol. The topological polar surface area (TPSA) is 51.2 Å². The highest BCUT2D eigenvalue weighted by Gasteiger charge is 2.12. The largest absolute Gasteiger partial charge is 0.493 e. The number of anilines is 1. The van der Waals surface area contributed by atoms with Crippen LogP contribution in [0, 0.1) is 20.8 Å². The van der Waals surface area contributed by atoms with Crippen molar-refractivity contribution in [2.24, 2.45) is 0 Å². The summed E-state index contributed by atoms with van der Waals surface area (Å²) in [5.74, 6) is 0.843. The van der Waals surface area contributed by atoms with Crippen molar-refractivity contribution < 1.29 is 9.53 Å². The third-order valence-electron chi connectivity index (χ3n) is 4.31. The molecule has 0 aliphatic carbocycles. The number of benzene rings is 2.